The molecule has 0 bridgehead atoms. The molecule has 0 radical (unpaired) electrons. The van der Waals surface area contributed by atoms with Crippen molar-refractivity contribution in [2.24, 2.45) is 0 Å². The summed E-state index contributed by atoms with van der Waals surface area (Å²) in [5.74, 6) is -5.61. The number of halogens is 1. The highest BCUT2D eigenvalue weighted by Gasteiger charge is 2.65. The van der Waals surface area contributed by atoms with E-state index < -0.39 is 71.9 Å². The van der Waals surface area contributed by atoms with Gasteiger partial charge in [-0.3, -0.25) is 28.8 Å². The minimum atomic E-state index is -3.01. The SMILES string of the molecule is CO[C@H]1O[C@H](COC(C)=O)[C@@H](OC(C)=O)[C@H](OC(C)=O)[C@@]1(O)N(C(C)=O)C(=O)C(=O)Cl. The van der Waals surface area contributed by atoms with Crippen molar-refractivity contribution in [2.75, 3.05) is 13.7 Å². The molecule has 1 fully saturated rings. The number of carbonyl (C=O) groups is 6. The smallest absolute Gasteiger partial charge is 0.315 e. The molecule has 1 heterocycles. The summed E-state index contributed by atoms with van der Waals surface area (Å²) in [4.78, 5) is 70.7. The average Bonchev–Trinajstić information content (AvgIpc) is 2.63. The summed E-state index contributed by atoms with van der Waals surface area (Å²) in [6.07, 6.45) is -7.07. The van der Waals surface area contributed by atoms with Gasteiger partial charge < -0.3 is 28.8 Å². The van der Waals surface area contributed by atoms with Crippen LogP contribution in [0.5, 0.6) is 0 Å². The predicted molar refractivity (Wildman–Crippen MR) is 96.7 cm³/mol. The number of ether oxygens (including phenoxy) is 5. The Morgan fingerprint density at radius 1 is 1.00 bits per heavy atom. The van der Waals surface area contributed by atoms with E-state index >= 15 is 0 Å². The molecule has 0 saturated carbocycles. The zero-order valence-corrected chi connectivity index (χ0v) is 18.0. The Balaban J connectivity index is 3.70. The topological polar surface area (TPSA) is 172 Å². The molecule has 1 rings (SSSR count). The Kier molecular flexibility index (Phi) is 9.05. The molecular weight excluding hydrogens is 446 g/mol. The number of rotatable bonds is 7. The first-order valence-corrected chi connectivity index (χ1v) is 9.08. The summed E-state index contributed by atoms with van der Waals surface area (Å²) >= 11 is 5.20. The first kappa shape index (κ1) is 26.4. The largest absolute Gasteiger partial charge is 0.463 e. The third-order valence-corrected chi connectivity index (χ3v) is 4.19. The number of hydrogen-bond donors (Lipinski definition) is 1. The molecule has 1 saturated heterocycles. The van der Waals surface area contributed by atoms with Crippen LogP contribution in [0.3, 0.4) is 0 Å². The monoisotopic (exact) mass is 467 g/mol. The molecule has 13 nitrogen and oxygen atoms in total. The lowest BCUT2D eigenvalue weighted by atomic mass is 9.90. The third kappa shape index (κ3) is 5.97. The Morgan fingerprint density at radius 3 is 1.94 bits per heavy atom. The average molecular weight is 468 g/mol. The second kappa shape index (κ2) is 10.6. The van der Waals surface area contributed by atoms with E-state index in [9.17, 15) is 33.9 Å². The Bertz CT molecular complexity index is 770. The van der Waals surface area contributed by atoms with Crippen molar-refractivity contribution in [1.29, 1.82) is 0 Å². The second-order valence-corrected chi connectivity index (χ2v) is 6.71. The first-order valence-electron chi connectivity index (χ1n) is 8.70. The van der Waals surface area contributed by atoms with Gasteiger partial charge in [0, 0.05) is 34.8 Å². The van der Waals surface area contributed by atoms with Crippen molar-refractivity contribution in [2.45, 2.75) is 58.0 Å². The fraction of sp³-hybridized carbons (Fsp3) is 0.647. The lowest BCUT2D eigenvalue weighted by Crippen LogP contribution is -2.76. The summed E-state index contributed by atoms with van der Waals surface area (Å²) in [6, 6.07) is 0. The normalized spacial score (nSPS) is 27.6. The van der Waals surface area contributed by atoms with Crippen LogP contribution in [0.15, 0.2) is 0 Å². The molecule has 174 valence electrons. The molecule has 0 aromatic carbocycles. The highest BCUT2D eigenvalue weighted by atomic mass is 35.5. The van der Waals surface area contributed by atoms with Crippen LogP contribution in [0.1, 0.15) is 27.7 Å². The predicted octanol–water partition coefficient (Wildman–Crippen LogP) is -1.39. The summed E-state index contributed by atoms with van der Waals surface area (Å²) in [5.41, 5.74) is -3.01. The van der Waals surface area contributed by atoms with Crippen molar-refractivity contribution in [3.8, 4) is 0 Å². The Labute approximate surface area is 181 Å². The van der Waals surface area contributed by atoms with Gasteiger partial charge in [0.1, 0.15) is 12.7 Å². The van der Waals surface area contributed by atoms with E-state index in [0.717, 1.165) is 34.8 Å². The van der Waals surface area contributed by atoms with Crippen LogP contribution in [0, 0.1) is 0 Å². The highest BCUT2D eigenvalue weighted by Crippen LogP contribution is 2.38. The number of nitrogens with zero attached hydrogens (tertiary/aromatic N) is 1. The number of esters is 3. The summed E-state index contributed by atoms with van der Waals surface area (Å²) in [6.45, 7) is 3.24. The van der Waals surface area contributed by atoms with Crippen LogP contribution in [0.25, 0.3) is 0 Å². The summed E-state index contributed by atoms with van der Waals surface area (Å²) < 4.78 is 25.5. The molecule has 1 aliphatic rings. The zero-order chi connectivity index (χ0) is 24.1. The van der Waals surface area contributed by atoms with E-state index in [1.165, 1.54) is 0 Å². The number of imide groups is 1. The van der Waals surface area contributed by atoms with E-state index in [2.05, 4.69) is 0 Å². The minimum absolute atomic E-state index is 0.0251. The molecule has 0 aromatic heterocycles. The van der Waals surface area contributed by atoms with Crippen LogP contribution < -0.4 is 0 Å². The fourth-order valence-corrected chi connectivity index (χ4v) is 3.09. The molecule has 31 heavy (non-hydrogen) atoms. The van der Waals surface area contributed by atoms with Gasteiger partial charge in [-0.2, -0.15) is 0 Å². The van der Waals surface area contributed by atoms with Gasteiger partial charge in [0.25, 0.3) is 0 Å². The van der Waals surface area contributed by atoms with Gasteiger partial charge in [0.05, 0.1) is 0 Å². The minimum Gasteiger partial charge on any atom is -0.463 e. The quantitative estimate of drug-likeness (QED) is 0.153. The van der Waals surface area contributed by atoms with Gasteiger partial charge in [-0.1, -0.05) is 0 Å². The number of hydrogen-bond acceptors (Lipinski definition) is 12. The van der Waals surface area contributed by atoms with Crippen molar-refractivity contribution in [3.63, 3.8) is 0 Å². The van der Waals surface area contributed by atoms with Crippen LogP contribution in [-0.2, 0) is 52.5 Å². The molecule has 1 aliphatic heterocycles. The molecule has 0 aliphatic carbocycles. The number of carbonyl (C=O) groups excluding carboxylic acids is 6. The first-order chi connectivity index (χ1) is 14.3. The van der Waals surface area contributed by atoms with E-state index in [1.807, 2.05) is 0 Å². The molecule has 5 atom stereocenters. The maximum atomic E-state index is 12.3. The zero-order valence-electron chi connectivity index (χ0n) is 17.3. The molecule has 0 unspecified atom stereocenters. The third-order valence-electron chi connectivity index (χ3n) is 4.03. The van der Waals surface area contributed by atoms with Gasteiger partial charge in [0.2, 0.25) is 17.9 Å². The van der Waals surface area contributed by atoms with Crippen molar-refractivity contribution >= 4 is 46.6 Å². The molecular formula is C17H22ClNO12. The van der Waals surface area contributed by atoms with E-state index in [-0.39, 0.29) is 4.90 Å². The molecule has 1 N–H and O–H groups in total. The van der Waals surface area contributed by atoms with E-state index in [0.29, 0.717) is 0 Å². The van der Waals surface area contributed by atoms with Gasteiger partial charge in [-0.15, -0.1) is 0 Å². The second-order valence-electron chi connectivity index (χ2n) is 6.37. The van der Waals surface area contributed by atoms with E-state index in [4.69, 9.17) is 35.3 Å². The molecule has 14 heteroatoms. The van der Waals surface area contributed by atoms with Crippen LogP contribution in [-0.4, -0.2) is 89.0 Å². The van der Waals surface area contributed by atoms with Crippen molar-refractivity contribution in [3.05, 3.63) is 0 Å². The van der Waals surface area contributed by atoms with Gasteiger partial charge >= 0.3 is 29.1 Å². The lowest BCUT2D eigenvalue weighted by molar-refractivity contribution is -0.365. The number of methoxy groups -OCH3 is 1. The number of aliphatic hydroxyl groups is 1. The van der Waals surface area contributed by atoms with Gasteiger partial charge in [0.15, 0.2) is 12.2 Å². The Morgan fingerprint density at radius 2 is 1.55 bits per heavy atom. The van der Waals surface area contributed by atoms with Gasteiger partial charge in [-0.25, -0.2) is 4.90 Å². The van der Waals surface area contributed by atoms with Crippen LogP contribution >= 0.6 is 11.6 Å². The van der Waals surface area contributed by atoms with Crippen LogP contribution in [0.4, 0.5) is 0 Å². The lowest BCUT2D eigenvalue weighted by Gasteiger charge is -2.52. The highest BCUT2D eigenvalue weighted by molar-refractivity contribution is 6.81. The maximum Gasteiger partial charge on any atom is 0.315 e. The van der Waals surface area contributed by atoms with Gasteiger partial charge in [-0.05, 0) is 11.6 Å². The van der Waals surface area contributed by atoms with Crippen molar-refractivity contribution < 1.29 is 57.6 Å². The molecule has 0 spiro atoms. The Hall–Kier alpha value is -2.61. The molecule has 2 amide bonds. The fourth-order valence-electron chi connectivity index (χ4n) is 3.01. The van der Waals surface area contributed by atoms with Crippen molar-refractivity contribution in [1.82, 2.24) is 4.90 Å². The van der Waals surface area contributed by atoms with E-state index in [1.54, 1.807) is 0 Å². The standard InChI is InChI=1S/C17H22ClNO12/c1-7(20)19(15(25)14(18)24)17(26)13(30-10(4)23)12(29-9(3)22)11(6-28-8(2)21)31-16(17)27-5/h11-13,16,26H,6H2,1-5H3/t11-,12-,13+,16+,17+/m1/s1. The molecule has 0 aromatic rings. The van der Waals surface area contributed by atoms with Crippen LogP contribution in [0.2, 0.25) is 0 Å². The summed E-state index contributed by atoms with van der Waals surface area (Å²) in [5, 5.41) is 9.75. The number of amides is 2. The maximum absolute atomic E-state index is 12.3. The summed E-state index contributed by atoms with van der Waals surface area (Å²) in [7, 11) is 1.00.